The normalized spacial score (nSPS) is 24.3. The maximum atomic E-state index is 12.2. The molecule has 3 rings (SSSR count). The van der Waals surface area contributed by atoms with Crippen LogP contribution in [-0.4, -0.2) is 77.9 Å². The topological polar surface area (TPSA) is 174 Å². The fraction of sp³-hybridized carbons (Fsp3) is 0.533. The quantitative estimate of drug-likeness (QED) is 0.357. The largest absolute Gasteiger partial charge is 0.468 e. The summed E-state index contributed by atoms with van der Waals surface area (Å²) >= 11 is 0. The molecule has 1 aliphatic heterocycles. The number of ether oxygens (including phenoxy) is 2. The summed E-state index contributed by atoms with van der Waals surface area (Å²) in [5.41, 5.74) is -0.201. The molecule has 4 atom stereocenters. The number of aromatic nitrogens is 5. The van der Waals surface area contributed by atoms with Crippen LogP contribution in [0.1, 0.15) is 11.9 Å². The first-order valence-electron chi connectivity index (χ1n) is 8.34. The molecule has 13 heteroatoms. The molecule has 0 unspecified atom stereocenters. The number of nitrogens with one attached hydrogen (secondary N) is 1. The van der Waals surface area contributed by atoms with Crippen molar-refractivity contribution in [2.75, 3.05) is 19.0 Å². The van der Waals surface area contributed by atoms with Gasteiger partial charge in [0.25, 0.3) is 0 Å². The summed E-state index contributed by atoms with van der Waals surface area (Å²) in [5.74, 6) is -0.213. The maximum absolute atomic E-state index is 12.2. The number of hydrogen-bond acceptors (Lipinski definition) is 11. The van der Waals surface area contributed by atoms with Gasteiger partial charge >= 0.3 is 11.7 Å². The third kappa shape index (κ3) is 4.17. The molecule has 0 radical (unpaired) electrons. The molecule has 152 valence electrons. The summed E-state index contributed by atoms with van der Waals surface area (Å²) in [6.07, 6.45) is -1.93. The second-order valence-electron chi connectivity index (χ2n) is 6.07. The molecule has 1 saturated heterocycles. The molecule has 2 aromatic heterocycles. The lowest BCUT2D eigenvalue weighted by atomic mass is 10.1. The summed E-state index contributed by atoms with van der Waals surface area (Å²) in [4.78, 5) is 27.3. The molecule has 0 saturated carbocycles. The molecule has 0 aromatic carbocycles. The first-order valence-corrected chi connectivity index (χ1v) is 8.34. The number of esters is 1. The molecule has 0 spiro atoms. The molecule has 2 aromatic rings. The van der Waals surface area contributed by atoms with Gasteiger partial charge < -0.3 is 30.1 Å². The van der Waals surface area contributed by atoms with Crippen LogP contribution >= 0.6 is 0 Å². The van der Waals surface area contributed by atoms with Crippen molar-refractivity contribution in [1.82, 2.24) is 24.5 Å². The zero-order valence-electron chi connectivity index (χ0n) is 14.9. The van der Waals surface area contributed by atoms with Crippen LogP contribution in [0.15, 0.2) is 23.3 Å². The van der Waals surface area contributed by atoms with Gasteiger partial charge in [-0.05, 0) is 6.07 Å². The van der Waals surface area contributed by atoms with Crippen molar-refractivity contribution in [3.05, 3.63) is 34.6 Å². The van der Waals surface area contributed by atoms with Gasteiger partial charge in [-0.15, -0.1) is 5.10 Å². The third-order valence-corrected chi connectivity index (χ3v) is 4.18. The van der Waals surface area contributed by atoms with Crippen molar-refractivity contribution in [1.29, 1.82) is 0 Å². The highest BCUT2D eigenvalue weighted by Crippen LogP contribution is 2.28. The minimum Gasteiger partial charge on any atom is -0.468 e. The van der Waals surface area contributed by atoms with E-state index in [2.05, 4.69) is 25.3 Å². The van der Waals surface area contributed by atoms with E-state index in [-0.39, 0.29) is 18.9 Å². The Balaban J connectivity index is 1.63. The minimum atomic E-state index is -1.37. The number of aliphatic hydroxyl groups is 3. The number of aliphatic hydroxyl groups excluding tert-OH is 3. The van der Waals surface area contributed by atoms with E-state index in [0.29, 0.717) is 5.69 Å². The van der Waals surface area contributed by atoms with Crippen molar-refractivity contribution in [2.24, 2.45) is 0 Å². The number of anilines is 1. The first-order chi connectivity index (χ1) is 13.4. The second-order valence-corrected chi connectivity index (χ2v) is 6.07. The molecule has 3 heterocycles. The van der Waals surface area contributed by atoms with Crippen molar-refractivity contribution in [3.8, 4) is 0 Å². The van der Waals surface area contributed by atoms with Crippen molar-refractivity contribution in [3.63, 3.8) is 0 Å². The van der Waals surface area contributed by atoms with Crippen LogP contribution < -0.4 is 11.0 Å². The Hall–Kier alpha value is -2.87. The zero-order chi connectivity index (χ0) is 20.3. The predicted octanol–water partition coefficient (Wildman–Crippen LogP) is -2.77. The van der Waals surface area contributed by atoms with Gasteiger partial charge in [-0.25, -0.2) is 9.48 Å². The van der Waals surface area contributed by atoms with Crippen LogP contribution in [0.2, 0.25) is 0 Å². The Labute approximate surface area is 158 Å². The monoisotopic (exact) mass is 396 g/mol. The van der Waals surface area contributed by atoms with Crippen molar-refractivity contribution >= 4 is 11.8 Å². The molecule has 0 amide bonds. The Morgan fingerprint density at radius 3 is 2.82 bits per heavy atom. The molecule has 1 aliphatic rings. The number of hydrogen-bond donors (Lipinski definition) is 4. The molecule has 13 nitrogen and oxygen atoms in total. The van der Waals surface area contributed by atoms with E-state index >= 15 is 0 Å². The van der Waals surface area contributed by atoms with Gasteiger partial charge in [-0.1, -0.05) is 5.21 Å². The molecular formula is C15H20N6O7. The van der Waals surface area contributed by atoms with E-state index in [9.17, 15) is 19.8 Å². The Morgan fingerprint density at radius 1 is 1.39 bits per heavy atom. The smallest absolute Gasteiger partial charge is 0.351 e. The Morgan fingerprint density at radius 2 is 2.18 bits per heavy atom. The van der Waals surface area contributed by atoms with Gasteiger partial charge in [0, 0.05) is 6.20 Å². The fourth-order valence-electron chi connectivity index (χ4n) is 2.69. The third-order valence-electron chi connectivity index (χ3n) is 4.18. The average molecular weight is 396 g/mol. The number of carbonyl (C=O) groups excluding carboxylic acids is 1. The van der Waals surface area contributed by atoms with Gasteiger partial charge in [0.1, 0.15) is 36.4 Å². The second kappa shape index (κ2) is 8.43. The average Bonchev–Trinajstić information content (AvgIpc) is 3.25. The summed E-state index contributed by atoms with van der Waals surface area (Å²) in [6, 6.07) is 1.48. The van der Waals surface area contributed by atoms with E-state index in [1.165, 1.54) is 24.1 Å². The van der Waals surface area contributed by atoms with Gasteiger partial charge in [-0.2, -0.15) is 4.98 Å². The van der Waals surface area contributed by atoms with Crippen LogP contribution in [0, 0.1) is 0 Å². The number of nitrogens with zero attached hydrogens (tertiary/aromatic N) is 5. The van der Waals surface area contributed by atoms with E-state index in [1.54, 1.807) is 6.20 Å². The molecule has 0 aliphatic carbocycles. The highest BCUT2D eigenvalue weighted by atomic mass is 16.6. The molecular weight excluding hydrogens is 376 g/mol. The lowest BCUT2D eigenvalue weighted by Gasteiger charge is -2.17. The SMILES string of the molecule is COC(=O)Cn1cc(CNc2ccn([C@@H]3O[C@@H](CO)[C@H](O)[C@@H]3O)c(=O)n2)nn1. The van der Waals surface area contributed by atoms with Crippen LogP contribution in [0.5, 0.6) is 0 Å². The highest BCUT2D eigenvalue weighted by Gasteiger charge is 2.43. The van der Waals surface area contributed by atoms with Crippen molar-refractivity contribution in [2.45, 2.75) is 37.6 Å². The van der Waals surface area contributed by atoms with E-state index in [1.807, 2.05) is 0 Å². The van der Waals surface area contributed by atoms with Gasteiger partial charge in [0.05, 0.1) is 26.5 Å². The standard InChI is InChI=1S/C15H20N6O7/c1-27-11(23)6-20-5-8(18-19-20)4-16-10-2-3-21(15(26)17-10)14-13(25)12(24)9(7-22)28-14/h2-3,5,9,12-14,22,24-25H,4,6-7H2,1H3,(H,16,17,26)/t9-,12-,13-,14+/m0/s1. The molecule has 4 N–H and O–H groups in total. The summed E-state index contributed by atoms with van der Waals surface area (Å²) < 4.78 is 12.2. The van der Waals surface area contributed by atoms with Crippen LogP contribution in [0.3, 0.4) is 0 Å². The lowest BCUT2D eigenvalue weighted by Crippen LogP contribution is -2.36. The fourth-order valence-corrected chi connectivity index (χ4v) is 2.69. The van der Waals surface area contributed by atoms with E-state index in [4.69, 9.17) is 9.84 Å². The Kier molecular flexibility index (Phi) is 5.99. The minimum absolute atomic E-state index is 0.0673. The first kappa shape index (κ1) is 19.9. The van der Waals surface area contributed by atoms with Crippen LogP contribution in [0.4, 0.5) is 5.82 Å². The van der Waals surface area contributed by atoms with E-state index < -0.39 is 42.8 Å². The van der Waals surface area contributed by atoms with Gasteiger partial charge in [0.2, 0.25) is 0 Å². The highest BCUT2D eigenvalue weighted by molar-refractivity contribution is 5.68. The summed E-state index contributed by atoms with van der Waals surface area (Å²) in [5, 5.41) is 39.5. The number of rotatable bonds is 7. The number of carbonyl (C=O) groups is 1. The lowest BCUT2D eigenvalue weighted by molar-refractivity contribution is -0.141. The predicted molar refractivity (Wildman–Crippen MR) is 90.9 cm³/mol. The van der Waals surface area contributed by atoms with Crippen LogP contribution in [-0.2, 0) is 27.4 Å². The molecule has 1 fully saturated rings. The summed E-state index contributed by atoms with van der Waals surface area (Å²) in [6.45, 7) is -0.360. The molecule has 28 heavy (non-hydrogen) atoms. The molecule has 0 bridgehead atoms. The van der Waals surface area contributed by atoms with Gasteiger partial charge in [-0.3, -0.25) is 9.36 Å². The number of methoxy groups -OCH3 is 1. The van der Waals surface area contributed by atoms with E-state index in [0.717, 1.165) is 4.57 Å². The zero-order valence-corrected chi connectivity index (χ0v) is 14.9. The maximum Gasteiger partial charge on any atom is 0.351 e. The van der Waals surface area contributed by atoms with Crippen molar-refractivity contribution < 1.29 is 29.6 Å². The van der Waals surface area contributed by atoms with Gasteiger partial charge in [0.15, 0.2) is 6.23 Å². The Bertz CT molecular complexity index is 884. The van der Waals surface area contributed by atoms with Crippen LogP contribution in [0.25, 0.3) is 0 Å². The summed E-state index contributed by atoms with van der Waals surface area (Å²) in [7, 11) is 1.27.